The van der Waals surface area contributed by atoms with E-state index in [0.717, 1.165) is 5.52 Å². The molecular weight excluding hydrogens is 242 g/mol. The van der Waals surface area contributed by atoms with Crippen molar-refractivity contribution >= 4 is 10.9 Å². The summed E-state index contributed by atoms with van der Waals surface area (Å²) in [5, 5.41) is 0.607. The quantitative estimate of drug-likeness (QED) is 0.698. The molecule has 0 saturated heterocycles. The maximum absolute atomic E-state index is 11.9. The largest absolute Gasteiger partial charge is 0.497 e. The Morgan fingerprint density at radius 3 is 2.68 bits per heavy atom. The molecule has 5 heteroatoms. The van der Waals surface area contributed by atoms with Crippen LogP contribution in [0.4, 0.5) is 0 Å². The molecule has 1 aromatic carbocycles. The van der Waals surface area contributed by atoms with E-state index in [-0.39, 0.29) is 5.43 Å². The zero-order valence-electron chi connectivity index (χ0n) is 10.3. The van der Waals surface area contributed by atoms with Crippen LogP contribution in [0.15, 0.2) is 53.7 Å². The van der Waals surface area contributed by atoms with Crippen molar-refractivity contribution in [1.29, 1.82) is 0 Å². The van der Waals surface area contributed by atoms with Crippen LogP contribution in [0.1, 0.15) is 0 Å². The molecule has 0 aliphatic rings. The molecule has 19 heavy (non-hydrogen) atoms. The Bertz CT molecular complexity index is 782. The number of hydrogen-bond acceptors (Lipinski definition) is 4. The first-order chi connectivity index (χ1) is 9.29. The molecule has 2 aromatic heterocycles. The van der Waals surface area contributed by atoms with Gasteiger partial charge in [0.25, 0.3) is 0 Å². The fourth-order valence-electron chi connectivity index (χ4n) is 1.95. The van der Waals surface area contributed by atoms with Gasteiger partial charge in [-0.05, 0) is 18.2 Å². The molecular formula is C14H11N3O2. The Hall–Kier alpha value is -2.69. The molecule has 2 heterocycles. The molecule has 0 atom stereocenters. The molecule has 0 saturated carbocycles. The van der Waals surface area contributed by atoms with Crippen molar-refractivity contribution < 1.29 is 4.74 Å². The number of aromatic nitrogens is 3. The highest BCUT2D eigenvalue weighted by Crippen LogP contribution is 2.19. The number of pyridine rings is 1. The Morgan fingerprint density at radius 2 is 1.95 bits per heavy atom. The second-order valence-electron chi connectivity index (χ2n) is 3.98. The number of nitrogens with zero attached hydrogens (tertiary/aromatic N) is 3. The Labute approximate surface area is 109 Å². The summed E-state index contributed by atoms with van der Waals surface area (Å²) in [5.41, 5.74) is 0.683. The lowest BCUT2D eigenvalue weighted by molar-refractivity contribution is 0.415. The Kier molecular flexibility index (Phi) is 2.72. The summed E-state index contributed by atoms with van der Waals surface area (Å²) in [4.78, 5) is 20.3. The molecule has 94 valence electrons. The smallest absolute Gasteiger partial charge is 0.234 e. The maximum atomic E-state index is 11.9. The molecule has 3 aromatic rings. The lowest BCUT2D eigenvalue weighted by atomic mass is 10.2. The van der Waals surface area contributed by atoms with Gasteiger partial charge in [-0.3, -0.25) is 9.36 Å². The van der Waals surface area contributed by atoms with Gasteiger partial charge >= 0.3 is 0 Å². The van der Waals surface area contributed by atoms with E-state index in [1.54, 1.807) is 54.5 Å². The third-order valence-corrected chi connectivity index (χ3v) is 2.87. The average molecular weight is 253 g/mol. The molecule has 3 rings (SSSR count). The van der Waals surface area contributed by atoms with Crippen LogP contribution in [-0.4, -0.2) is 21.6 Å². The predicted octanol–water partition coefficient (Wildman–Crippen LogP) is 1.79. The number of hydrogen-bond donors (Lipinski definition) is 0. The molecule has 0 aliphatic carbocycles. The summed E-state index contributed by atoms with van der Waals surface area (Å²) >= 11 is 0. The summed E-state index contributed by atoms with van der Waals surface area (Å²) in [6.45, 7) is 0. The maximum Gasteiger partial charge on any atom is 0.234 e. The zero-order valence-corrected chi connectivity index (χ0v) is 10.3. The predicted molar refractivity (Wildman–Crippen MR) is 71.7 cm³/mol. The van der Waals surface area contributed by atoms with Crippen molar-refractivity contribution in [2.45, 2.75) is 0 Å². The summed E-state index contributed by atoms with van der Waals surface area (Å²) in [7, 11) is 1.59. The number of methoxy groups -OCH3 is 1. The molecule has 0 fully saturated rings. The van der Waals surface area contributed by atoms with Gasteiger partial charge in [0.05, 0.1) is 12.6 Å². The van der Waals surface area contributed by atoms with Crippen LogP contribution in [0.2, 0.25) is 0 Å². The van der Waals surface area contributed by atoms with Crippen LogP contribution in [0, 0.1) is 0 Å². The number of benzene rings is 1. The van der Waals surface area contributed by atoms with Gasteiger partial charge in [0.2, 0.25) is 5.95 Å². The lowest BCUT2D eigenvalue weighted by Crippen LogP contribution is -2.08. The summed E-state index contributed by atoms with van der Waals surface area (Å²) in [5.74, 6) is 1.20. The number of ether oxygens (including phenoxy) is 1. The number of fused-ring (bicyclic) bond motifs is 1. The zero-order chi connectivity index (χ0) is 13.2. The van der Waals surface area contributed by atoms with Gasteiger partial charge in [-0.15, -0.1) is 0 Å². The molecule has 5 nitrogen and oxygen atoms in total. The standard InChI is InChI=1S/C14H11N3O2/c1-19-10-3-4-11-12(9-10)17(8-5-13(11)18)14-15-6-2-7-16-14/h2-9H,1H3. The van der Waals surface area contributed by atoms with Gasteiger partial charge in [-0.2, -0.15) is 0 Å². The first kappa shape index (κ1) is 11.4. The summed E-state index contributed by atoms with van der Waals surface area (Å²) < 4.78 is 6.96. The fraction of sp³-hybridized carbons (Fsp3) is 0.0714. The van der Waals surface area contributed by atoms with Crippen molar-refractivity contribution in [3.05, 3.63) is 59.1 Å². The molecule has 0 spiro atoms. The minimum Gasteiger partial charge on any atom is -0.497 e. The van der Waals surface area contributed by atoms with E-state index >= 15 is 0 Å². The second-order valence-corrected chi connectivity index (χ2v) is 3.98. The second kappa shape index (κ2) is 4.53. The Morgan fingerprint density at radius 1 is 1.16 bits per heavy atom. The minimum atomic E-state index is -0.0372. The molecule has 0 unspecified atom stereocenters. The summed E-state index contributed by atoms with van der Waals surface area (Å²) in [6, 6.07) is 8.56. The normalized spacial score (nSPS) is 10.6. The van der Waals surface area contributed by atoms with E-state index in [4.69, 9.17) is 4.74 Å². The molecule has 0 aliphatic heterocycles. The molecule has 0 radical (unpaired) electrons. The Balaban J connectivity index is 2.36. The fourth-order valence-corrected chi connectivity index (χ4v) is 1.95. The van der Waals surface area contributed by atoms with Crippen LogP contribution in [0.3, 0.4) is 0 Å². The highest BCUT2D eigenvalue weighted by Gasteiger charge is 2.07. The molecule has 0 N–H and O–H groups in total. The van der Waals surface area contributed by atoms with Gasteiger partial charge in [0.1, 0.15) is 5.75 Å². The highest BCUT2D eigenvalue weighted by atomic mass is 16.5. The van der Waals surface area contributed by atoms with Crippen LogP contribution >= 0.6 is 0 Å². The van der Waals surface area contributed by atoms with Crippen molar-refractivity contribution in [3.8, 4) is 11.7 Å². The SMILES string of the molecule is COc1ccc2c(=O)ccn(-c3ncccn3)c2c1. The van der Waals surface area contributed by atoms with Gasteiger partial charge in [0.15, 0.2) is 5.43 Å². The van der Waals surface area contributed by atoms with Crippen molar-refractivity contribution in [3.63, 3.8) is 0 Å². The lowest BCUT2D eigenvalue weighted by Gasteiger charge is -2.09. The topological polar surface area (TPSA) is 57.0 Å². The molecule has 0 amide bonds. The minimum absolute atomic E-state index is 0.0372. The van der Waals surface area contributed by atoms with Crippen molar-refractivity contribution in [2.24, 2.45) is 0 Å². The third kappa shape index (κ3) is 1.95. The van der Waals surface area contributed by atoms with E-state index in [0.29, 0.717) is 17.1 Å². The van der Waals surface area contributed by atoms with E-state index < -0.39 is 0 Å². The van der Waals surface area contributed by atoms with Crippen molar-refractivity contribution in [2.75, 3.05) is 7.11 Å². The van der Waals surface area contributed by atoms with Crippen LogP contribution in [0.5, 0.6) is 5.75 Å². The first-order valence-electron chi connectivity index (χ1n) is 5.76. The first-order valence-corrected chi connectivity index (χ1v) is 5.76. The van der Waals surface area contributed by atoms with Crippen molar-refractivity contribution in [1.82, 2.24) is 14.5 Å². The van der Waals surface area contributed by atoms with Crippen LogP contribution < -0.4 is 10.2 Å². The average Bonchev–Trinajstić information content (AvgIpc) is 2.48. The van der Waals surface area contributed by atoms with Gasteiger partial charge in [-0.25, -0.2) is 9.97 Å². The highest BCUT2D eigenvalue weighted by molar-refractivity contribution is 5.81. The van der Waals surface area contributed by atoms with E-state index in [2.05, 4.69) is 9.97 Å². The van der Waals surface area contributed by atoms with E-state index in [1.807, 2.05) is 0 Å². The van der Waals surface area contributed by atoms with Gasteiger partial charge < -0.3 is 4.74 Å². The monoisotopic (exact) mass is 253 g/mol. The molecule has 0 bridgehead atoms. The van der Waals surface area contributed by atoms with E-state index in [9.17, 15) is 4.79 Å². The van der Waals surface area contributed by atoms with Crippen LogP contribution in [-0.2, 0) is 0 Å². The van der Waals surface area contributed by atoms with Crippen LogP contribution in [0.25, 0.3) is 16.9 Å². The van der Waals surface area contributed by atoms with E-state index in [1.165, 1.54) is 6.07 Å². The van der Waals surface area contributed by atoms with Gasteiger partial charge in [-0.1, -0.05) is 0 Å². The third-order valence-electron chi connectivity index (χ3n) is 2.87. The number of rotatable bonds is 2. The summed E-state index contributed by atoms with van der Waals surface area (Å²) in [6.07, 6.45) is 4.98. The van der Waals surface area contributed by atoms with Gasteiger partial charge in [0, 0.05) is 36.1 Å².